The number of ether oxygens (including phenoxy) is 1. The molecule has 0 spiro atoms. The van der Waals surface area contributed by atoms with E-state index < -0.39 is 0 Å². The predicted octanol–water partition coefficient (Wildman–Crippen LogP) is 4.97. The van der Waals surface area contributed by atoms with Gasteiger partial charge in [0.05, 0.1) is 18.5 Å². The Hall–Kier alpha value is -4.59. The Bertz CT molecular complexity index is 1370. The molecule has 0 aliphatic heterocycles. The van der Waals surface area contributed by atoms with Gasteiger partial charge in [0.25, 0.3) is 5.91 Å². The number of benzene rings is 2. The van der Waals surface area contributed by atoms with Crippen molar-refractivity contribution in [3.05, 3.63) is 97.0 Å². The van der Waals surface area contributed by atoms with Gasteiger partial charge in [0.15, 0.2) is 5.82 Å². The number of carbonyl (C=O) groups excluding carboxylic acids is 1. The van der Waals surface area contributed by atoms with Gasteiger partial charge < -0.3 is 13.8 Å². The normalized spacial score (nSPS) is 10.8. The van der Waals surface area contributed by atoms with Crippen molar-refractivity contribution in [2.75, 3.05) is 11.9 Å². The second-order valence-corrected chi connectivity index (χ2v) is 7.18. The van der Waals surface area contributed by atoms with Crippen LogP contribution >= 0.6 is 0 Å². The summed E-state index contributed by atoms with van der Waals surface area (Å²) in [6, 6.07) is 22.6. The third-order valence-corrected chi connectivity index (χ3v) is 5.05. The Kier molecular flexibility index (Phi) is 5.47. The van der Waals surface area contributed by atoms with Crippen molar-refractivity contribution in [3.63, 3.8) is 0 Å². The average Bonchev–Trinajstić information content (AvgIpc) is 3.60. The summed E-state index contributed by atoms with van der Waals surface area (Å²) in [5.41, 5.74) is 2.59. The van der Waals surface area contributed by atoms with Crippen molar-refractivity contribution >= 4 is 11.8 Å². The van der Waals surface area contributed by atoms with Crippen LogP contribution in [0.2, 0.25) is 0 Å². The fraction of sp³-hybridized carbons (Fsp3) is 0.0800. The highest BCUT2D eigenvalue weighted by Gasteiger charge is 2.21. The maximum atomic E-state index is 13.2. The van der Waals surface area contributed by atoms with Gasteiger partial charge in [-0.15, -0.1) is 0 Å². The van der Waals surface area contributed by atoms with Crippen molar-refractivity contribution in [2.24, 2.45) is 0 Å². The molecule has 164 valence electrons. The van der Waals surface area contributed by atoms with E-state index in [-0.39, 0.29) is 11.8 Å². The minimum absolute atomic E-state index is 0.229. The second kappa shape index (κ2) is 8.88. The van der Waals surface area contributed by atoms with E-state index in [0.29, 0.717) is 29.4 Å². The smallest absolute Gasteiger partial charge is 0.263 e. The summed E-state index contributed by atoms with van der Waals surface area (Å²) in [4.78, 5) is 13.2. The summed E-state index contributed by atoms with van der Waals surface area (Å²) in [7, 11) is 0. The molecule has 0 saturated heterocycles. The summed E-state index contributed by atoms with van der Waals surface area (Å²) in [6.45, 7) is 2.45. The lowest BCUT2D eigenvalue weighted by atomic mass is 10.1. The van der Waals surface area contributed by atoms with Crippen LogP contribution in [-0.4, -0.2) is 32.0 Å². The lowest BCUT2D eigenvalue weighted by molar-refractivity contribution is 0.102. The largest absolute Gasteiger partial charge is 0.493 e. The van der Waals surface area contributed by atoms with Crippen molar-refractivity contribution in [1.82, 2.24) is 19.5 Å². The highest BCUT2D eigenvalue weighted by molar-refractivity contribution is 6.06. The molecule has 0 radical (unpaired) electrons. The number of para-hydroxylation sites is 2. The molecule has 8 nitrogen and oxygen atoms in total. The Labute approximate surface area is 190 Å². The van der Waals surface area contributed by atoms with Crippen LogP contribution in [0.1, 0.15) is 17.3 Å². The van der Waals surface area contributed by atoms with E-state index in [1.165, 1.54) is 0 Å². The summed E-state index contributed by atoms with van der Waals surface area (Å²) in [5.74, 6) is 1.18. The molecule has 0 saturated carbocycles. The molecule has 0 bridgehead atoms. The zero-order chi connectivity index (χ0) is 22.6. The Balaban J connectivity index is 1.46. The van der Waals surface area contributed by atoms with Gasteiger partial charge in [0.2, 0.25) is 5.88 Å². The zero-order valence-corrected chi connectivity index (χ0v) is 17.9. The van der Waals surface area contributed by atoms with Crippen LogP contribution in [0.5, 0.6) is 5.75 Å². The van der Waals surface area contributed by atoms with Gasteiger partial charge in [0.1, 0.15) is 17.0 Å². The molecule has 5 aromatic rings. The van der Waals surface area contributed by atoms with Crippen molar-refractivity contribution in [3.8, 4) is 28.5 Å². The molecule has 0 unspecified atom stereocenters. The molecule has 3 heterocycles. The molecular formula is C25H21N5O3. The molecule has 33 heavy (non-hydrogen) atoms. The molecule has 3 aromatic heterocycles. The summed E-state index contributed by atoms with van der Waals surface area (Å²) >= 11 is 0. The molecule has 0 aliphatic carbocycles. The Morgan fingerprint density at radius 3 is 2.58 bits per heavy atom. The van der Waals surface area contributed by atoms with Gasteiger partial charge in [0, 0.05) is 24.0 Å². The number of anilines is 1. The fourth-order valence-electron chi connectivity index (χ4n) is 3.58. The highest BCUT2D eigenvalue weighted by Crippen LogP contribution is 2.31. The number of hydrogen-bond donors (Lipinski definition) is 1. The number of hydrogen-bond acceptors (Lipinski definition) is 5. The predicted molar refractivity (Wildman–Crippen MR) is 124 cm³/mol. The molecule has 0 fully saturated rings. The standard InChI is InChI=1S/C25H21N5O3/c1-2-32-22-13-7-6-12-19(22)21-16-23(33-28-21)27-24(31)20-17-26-30(18-10-4-3-5-11-18)25(20)29-14-8-9-15-29/h3-17H,2H2,1H3,(H,27,31). The van der Waals surface area contributed by atoms with Gasteiger partial charge in [-0.05, 0) is 43.3 Å². The van der Waals surface area contributed by atoms with Crippen LogP contribution in [-0.2, 0) is 0 Å². The molecule has 0 aliphatic rings. The van der Waals surface area contributed by atoms with Crippen LogP contribution in [0.3, 0.4) is 0 Å². The first-order chi connectivity index (χ1) is 16.2. The number of amides is 1. The van der Waals surface area contributed by atoms with Gasteiger partial charge in [-0.2, -0.15) is 5.10 Å². The number of rotatable bonds is 7. The van der Waals surface area contributed by atoms with E-state index in [4.69, 9.17) is 9.26 Å². The molecule has 1 amide bonds. The number of aromatic nitrogens is 4. The Morgan fingerprint density at radius 2 is 1.79 bits per heavy atom. The average molecular weight is 439 g/mol. The van der Waals surface area contributed by atoms with E-state index in [2.05, 4.69) is 15.6 Å². The first kappa shape index (κ1) is 20.3. The molecule has 2 aromatic carbocycles. The maximum absolute atomic E-state index is 13.2. The molecule has 0 atom stereocenters. The quantitative estimate of drug-likeness (QED) is 0.387. The maximum Gasteiger partial charge on any atom is 0.263 e. The van der Waals surface area contributed by atoms with Gasteiger partial charge >= 0.3 is 0 Å². The SMILES string of the molecule is CCOc1ccccc1-c1cc(NC(=O)c2cnn(-c3ccccc3)c2-n2cccc2)on1. The number of nitrogens with one attached hydrogen (secondary N) is 1. The van der Waals surface area contributed by atoms with E-state index in [0.717, 1.165) is 11.3 Å². The summed E-state index contributed by atoms with van der Waals surface area (Å²) < 4.78 is 14.6. The highest BCUT2D eigenvalue weighted by atomic mass is 16.5. The molecular weight excluding hydrogens is 418 g/mol. The fourth-order valence-corrected chi connectivity index (χ4v) is 3.58. The van der Waals surface area contributed by atoms with Gasteiger partial charge in [-0.1, -0.05) is 35.5 Å². The monoisotopic (exact) mass is 439 g/mol. The van der Waals surface area contributed by atoms with Crippen LogP contribution in [0, 0.1) is 0 Å². The lowest BCUT2D eigenvalue weighted by Crippen LogP contribution is -2.15. The van der Waals surface area contributed by atoms with Crippen LogP contribution < -0.4 is 10.1 Å². The van der Waals surface area contributed by atoms with Crippen LogP contribution in [0.15, 0.2) is 95.9 Å². The van der Waals surface area contributed by atoms with Crippen molar-refractivity contribution in [2.45, 2.75) is 6.92 Å². The molecule has 1 N–H and O–H groups in total. The van der Waals surface area contributed by atoms with Crippen LogP contribution in [0.25, 0.3) is 22.8 Å². The van der Waals surface area contributed by atoms with E-state index >= 15 is 0 Å². The third-order valence-electron chi connectivity index (χ3n) is 5.05. The van der Waals surface area contributed by atoms with Gasteiger partial charge in [-0.25, -0.2) is 4.68 Å². The molecule has 8 heteroatoms. The first-order valence-corrected chi connectivity index (χ1v) is 10.5. The van der Waals surface area contributed by atoms with Crippen molar-refractivity contribution < 1.29 is 14.1 Å². The van der Waals surface area contributed by atoms with E-state index in [1.807, 2.05) is 90.6 Å². The third kappa shape index (κ3) is 4.01. The van der Waals surface area contributed by atoms with Crippen molar-refractivity contribution in [1.29, 1.82) is 0 Å². The molecule has 5 rings (SSSR count). The van der Waals surface area contributed by atoms with E-state index in [1.54, 1.807) is 16.9 Å². The second-order valence-electron chi connectivity index (χ2n) is 7.18. The summed E-state index contributed by atoms with van der Waals surface area (Å²) in [6.07, 6.45) is 5.27. The first-order valence-electron chi connectivity index (χ1n) is 10.5. The number of carbonyl (C=O) groups is 1. The van der Waals surface area contributed by atoms with Gasteiger partial charge in [-0.3, -0.25) is 10.1 Å². The minimum atomic E-state index is -0.360. The Morgan fingerprint density at radius 1 is 1.03 bits per heavy atom. The topological polar surface area (TPSA) is 87.1 Å². The minimum Gasteiger partial charge on any atom is -0.493 e. The lowest BCUT2D eigenvalue weighted by Gasteiger charge is -2.10. The number of nitrogens with zero attached hydrogens (tertiary/aromatic N) is 4. The van der Waals surface area contributed by atoms with E-state index in [9.17, 15) is 4.79 Å². The zero-order valence-electron chi connectivity index (χ0n) is 17.9. The summed E-state index contributed by atoms with van der Waals surface area (Å²) in [5, 5.41) is 11.4. The van der Waals surface area contributed by atoms with Crippen LogP contribution in [0.4, 0.5) is 5.88 Å².